The number of benzene rings is 1. The van der Waals surface area contributed by atoms with Crippen LogP contribution in [-0.2, 0) is 10.1 Å². The van der Waals surface area contributed by atoms with Crippen LogP contribution < -0.4 is 29.6 Å². The maximum atomic E-state index is 10.4. The second-order valence-corrected chi connectivity index (χ2v) is 4.08. The molecular weight excluding hydrogens is 211 g/mol. The molecule has 5 heteroatoms. The maximum absolute atomic E-state index is 10.4. The fourth-order valence-corrected chi connectivity index (χ4v) is 1.56. The van der Waals surface area contributed by atoms with Crippen LogP contribution in [0.2, 0.25) is 0 Å². The van der Waals surface area contributed by atoms with Crippen LogP contribution in [-0.4, -0.2) is 18.7 Å². The van der Waals surface area contributed by atoms with E-state index >= 15 is 0 Å². The van der Waals surface area contributed by atoms with Gasteiger partial charge < -0.3 is 4.55 Å². The molecule has 3 nitrogen and oxygen atoms in total. The quantitative estimate of drug-likeness (QED) is 0.448. The molecule has 0 aliphatic carbocycles. The summed E-state index contributed by atoms with van der Waals surface area (Å²) in [6, 6.07) is 8.76. The van der Waals surface area contributed by atoms with Gasteiger partial charge in [-0.15, -0.1) is 0 Å². The van der Waals surface area contributed by atoms with E-state index in [-0.39, 0.29) is 29.6 Å². The zero-order chi connectivity index (χ0) is 9.90. The molecule has 0 saturated carbocycles. The molecule has 0 bridgehead atoms. The molecule has 0 amide bonds. The number of hydrogen-bond donors (Lipinski definition) is 0. The molecule has 0 aliphatic heterocycles. The fourth-order valence-electron chi connectivity index (χ4n) is 0.971. The number of hydrogen-bond acceptors (Lipinski definition) is 3. The summed E-state index contributed by atoms with van der Waals surface area (Å²) in [5, 5.41) is 0. The van der Waals surface area contributed by atoms with Crippen LogP contribution >= 0.6 is 0 Å². The van der Waals surface area contributed by atoms with E-state index in [9.17, 15) is 13.0 Å². The van der Waals surface area contributed by atoms with Gasteiger partial charge in [-0.25, -0.2) is 8.42 Å². The Morgan fingerprint density at radius 1 is 1.29 bits per heavy atom. The Hall–Kier alpha value is -0.130. The van der Waals surface area contributed by atoms with Crippen molar-refractivity contribution in [2.45, 2.75) is 0 Å². The third kappa shape index (κ3) is 4.93. The van der Waals surface area contributed by atoms with Crippen molar-refractivity contribution in [2.75, 3.05) is 5.75 Å². The molecule has 0 spiro atoms. The van der Waals surface area contributed by atoms with Crippen LogP contribution in [0.5, 0.6) is 0 Å². The van der Waals surface area contributed by atoms with E-state index in [1.165, 1.54) is 0 Å². The van der Waals surface area contributed by atoms with Gasteiger partial charge in [-0.05, 0) is 11.1 Å². The molecule has 70 valence electrons. The van der Waals surface area contributed by atoms with Gasteiger partial charge in [0.1, 0.15) is 0 Å². The minimum Gasteiger partial charge on any atom is -0.748 e. The Labute approximate surface area is 106 Å². The minimum atomic E-state index is -4.22. The van der Waals surface area contributed by atoms with Crippen molar-refractivity contribution in [3.63, 3.8) is 0 Å². The largest absolute Gasteiger partial charge is 1.00 e. The van der Waals surface area contributed by atoms with E-state index < -0.39 is 15.9 Å². The predicted octanol–water partition coefficient (Wildman–Crippen LogP) is -1.75. The van der Waals surface area contributed by atoms with Gasteiger partial charge in [-0.2, -0.15) is 0 Å². The number of rotatable bonds is 3. The van der Waals surface area contributed by atoms with Gasteiger partial charge >= 0.3 is 29.6 Å². The third-order valence-electron chi connectivity index (χ3n) is 1.53. The van der Waals surface area contributed by atoms with E-state index in [4.69, 9.17) is 0 Å². The molecule has 0 saturated heterocycles. The summed E-state index contributed by atoms with van der Waals surface area (Å²) in [5.41, 5.74) is 1.01. The molecule has 0 atom stereocenters. The first-order valence-corrected chi connectivity index (χ1v) is 5.23. The Morgan fingerprint density at radius 3 is 2.21 bits per heavy atom. The standard InChI is InChI=1S/C9H10O3S.Na/c1-8(7-13(10,11)12)9-5-3-2-4-6-9;/h2-6H,1,7H2,(H,10,11,12);/q;+1/p-1. The van der Waals surface area contributed by atoms with Crippen LogP contribution in [0.25, 0.3) is 5.57 Å². The summed E-state index contributed by atoms with van der Waals surface area (Å²) >= 11 is 0. The van der Waals surface area contributed by atoms with E-state index in [2.05, 4.69) is 6.58 Å². The van der Waals surface area contributed by atoms with Crippen molar-refractivity contribution in [2.24, 2.45) is 0 Å². The summed E-state index contributed by atoms with van der Waals surface area (Å²) in [5.74, 6) is -0.531. The van der Waals surface area contributed by atoms with Gasteiger partial charge in [0, 0.05) is 0 Å². The molecule has 1 rings (SSSR count). The van der Waals surface area contributed by atoms with Crippen molar-refractivity contribution < 1.29 is 42.5 Å². The van der Waals surface area contributed by atoms with Crippen molar-refractivity contribution >= 4 is 15.7 Å². The van der Waals surface area contributed by atoms with Gasteiger partial charge in [0.15, 0.2) is 0 Å². The fraction of sp³-hybridized carbons (Fsp3) is 0.111. The van der Waals surface area contributed by atoms with Gasteiger partial charge in [-0.3, -0.25) is 0 Å². The van der Waals surface area contributed by atoms with Crippen LogP contribution in [0.1, 0.15) is 5.56 Å². The third-order valence-corrected chi connectivity index (χ3v) is 2.24. The minimum absolute atomic E-state index is 0. The molecule has 0 heterocycles. The molecule has 0 aliphatic rings. The zero-order valence-corrected chi connectivity index (χ0v) is 10.8. The van der Waals surface area contributed by atoms with Crippen LogP contribution in [0.15, 0.2) is 36.9 Å². The van der Waals surface area contributed by atoms with Gasteiger partial charge in [0.05, 0.1) is 15.9 Å². The molecule has 1 aromatic rings. The van der Waals surface area contributed by atoms with Crippen molar-refractivity contribution in [1.29, 1.82) is 0 Å². The van der Waals surface area contributed by atoms with Crippen LogP contribution in [0.4, 0.5) is 0 Å². The first-order chi connectivity index (χ1) is 5.99. The van der Waals surface area contributed by atoms with E-state index in [1.54, 1.807) is 24.3 Å². The molecular formula is C9H9NaO3S. The topological polar surface area (TPSA) is 57.2 Å². The van der Waals surface area contributed by atoms with Crippen molar-refractivity contribution in [3.8, 4) is 0 Å². The molecule has 0 aromatic heterocycles. The molecule has 1 aromatic carbocycles. The Bertz CT molecular complexity index is 397. The SMILES string of the molecule is C=C(CS(=O)(=O)[O-])c1ccccc1.[Na+]. The van der Waals surface area contributed by atoms with Crippen molar-refractivity contribution in [1.82, 2.24) is 0 Å². The summed E-state index contributed by atoms with van der Waals surface area (Å²) in [4.78, 5) is 0. The monoisotopic (exact) mass is 220 g/mol. The predicted molar refractivity (Wildman–Crippen MR) is 50.0 cm³/mol. The second-order valence-electron chi connectivity index (χ2n) is 2.67. The second kappa shape index (κ2) is 5.68. The Balaban J connectivity index is 0.00000169. The summed E-state index contributed by atoms with van der Waals surface area (Å²) in [6.07, 6.45) is 0. The maximum Gasteiger partial charge on any atom is 1.00 e. The smallest absolute Gasteiger partial charge is 0.748 e. The molecule has 14 heavy (non-hydrogen) atoms. The van der Waals surface area contributed by atoms with Gasteiger partial charge in [0.25, 0.3) is 0 Å². The summed E-state index contributed by atoms with van der Waals surface area (Å²) < 4.78 is 31.2. The Kier molecular flexibility index (Phi) is 5.63. The van der Waals surface area contributed by atoms with E-state index in [0.717, 1.165) is 0 Å². The normalized spacial score (nSPS) is 10.4. The first kappa shape index (κ1) is 13.9. The zero-order valence-electron chi connectivity index (χ0n) is 7.93. The Morgan fingerprint density at radius 2 is 1.79 bits per heavy atom. The van der Waals surface area contributed by atoms with E-state index in [1.807, 2.05) is 6.07 Å². The van der Waals surface area contributed by atoms with Crippen molar-refractivity contribution in [3.05, 3.63) is 42.5 Å². The molecule has 0 fully saturated rings. The van der Waals surface area contributed by atoms with Gasteiger partial charge in [0.2, 0.25) is 0 Å². The average molecular weight is 220 g/mol. The molecule has 0 radical (unpaired) electrons. The first-order valence-electron chi connectivity index (χ1n) is 3.66. The average Bonchev–Trinajstić information content (AvgIpc) is 2.03. The molecule has 0 unspecified atom stereocenters. The van der Waals surface area contributed by atoms with Crippen LogP contribution in [0.3, 0.4) is 0 Å². The summed E-state index contributed by atoms with van der Waals surface area (Å²) in [6.45, 7) is 3.53. The summed E-state index contributed by atoms with van der Waals surface area (Å²) in [7, 11) is -4.22. The van der Waals surface area contributed by atoms with Crippen LogP contribution in [0, 0.1) is 0 Å². The molecule has 0 N–H and O–H groups in total. The van der Waals surface area contributed by atoms with E-state index in [0.29, 0.717) is 11.1 Å². The van der Waals surface area contributed by atoms with Gasteiger partial charge in [-0.1, -0.05) is 36.9 Å².